The van der Waals surface area contributed by atoms with Gasteiger partial charge in [-0.3, -0.25) is 14.4 Å². The summed E-state index contributed by atoms with van der Waals surface area (Å²) >= 11 is 1.72. The SMILES string of the molecule is Cc1onc(-c2ccccc2)c1-c1csc(C2CCN(Cc3c(C)n(C)n(-c4ccccc4)c3=O)CC2)n1. The second-order valence-electron chi connectivity index (χ2n) is 9.99. The Morgan fingerprint density at radius 3 is 2.39 bits per heavy atom. The number of rotatable bonds is 6. The zero-order chi connectivity index (χ0) is 26.2. The van der Waals surface area contributed by atoms with E-state index in [1.165, 1.54) is 5.01 Å². The summed E-state index contributed by atoms with van der Waals surface area (Å²) in [7, 11) is 1.96. The van der Waals surface area contributed by atoms with E-state index in [-0.39, 0.29) is 5.56 Å². The molecule has 1 aliphatic heterocycles. The van der Waals surface area contributed by atoms with Gasteiger partial charge in [-0.05, 0) is 51.9 Å². The van der Waals surface area contributed by atoms with E-state index >= 15 is 0 Å². The van der Waals surface area contributed by atoms with Crippen molar-refractivity contribution in [3.63, 3.8) is 0 Å². The maximum atomic E-state index is 13.3. The van der Waals surface area contributed by atoms with Crippen molar-refractivity contribution in [3.8, 4) is 28.2 Å². The van der Waals surface area contributed by atoms with Crippen LogP contribution in [0.3, 0.4) is 0 Å². The molecule has 0 spiro atoms. The van der Waals surface area contributed by atoms with Crippen molar-refractivity contribution >= 4 is 11.3 Å². The molecule has 0 saturated carbocycles. The van der Waals surface area contributed by atoms with Gasteiger partial charge >= 0.3 is 0 Å². The van der Waals surface area contributed by atoms with Crippen LogP contribution in [0.1, 0.15) is 40.8 Å². The highest BCUT2D eigenvalue weighted by Gasteiger charge is 2.27. The molecular formula is C30H31N5O2S. The van der Waals surface area contributed by atoms with Gasteiger partial charge in [0, 0.05) is 36.1 Å². The molecule has 0 atom stereocenters. The molecule has 1 fully saturated rings. The first-order valence-electron chi connectivity index (χ1n) is 13.0. The maximum absolute atomic E-state index is 13.3. The highest BCUT2D eigenvalue weighted by atomic mass is 32.1. The normalized spacial score (nSPS) is 14.8. The van der Waals surface area contributed by atoms with E-state index in [1.807, 2.05) is 86.2 Å². The Kier molecular flexibility index (Phi) is 6.59. The summed E-state index contributed by atoms with van der Waals surface area (Å²) in [5, 5.41) is 7.63. The number of aryl methyl sites for hydroxylation is 1. The van der Waals surface area contributed by atoms with Gasteiger partial charge in [0.1, 0.15) is 11.5 Å². The molecule has 4 heterocycles. The van der Waals surface area contributed by atoms with Crippen LogP contribution in [0.15, 0.2) is 75.4 Å². The van der Waals surface area contributed by atoms with Crippen molar-refractivity contribution < 1.29 is 4.52 Å². The van der Waals surface area contributed by atoms with E-state index in [9.17, 15) is 4.79 Å². The fourth-order valence-corrected chi connectivity index (χ4v) is 6.41. The highest BCUT2D eigenvalue weighted by Crippen LogP contribution is 2.38. The van der Waals surface area contributed by atoms with Gasteiger partial charge in [0.15, 0.2) is 0 Å². The standard InChI is InChI=1S/C30H31N5O2S/c1-20-25(30(36)35(33(20)3)24-12-8-5-9-13-24)18-34-16-14-23(15-17-34)29-31-26(19-38-29)27-21(2)37-32-28(27)22-10-6-4-7-11-22/h4-13,19,23H,14-18H2,1-3H3. The van der Waals surface area contributed by atoms with Crippen molar-refractivity contribution in [2.24, 2.45) is 7.05 Å². The molecule has 8 heteroatoms. The first kappa shape index (κ1) is 24.6. The molecule has 0 radical (unpaired) electrons. The number of hydrogen-bond donors (Lipinski definition) is 0. The fourth-order valence-electron chi connectivity index (χ4n) is 5.42. The van der Waals surface area contributed by atoms with Crippen LogP contribution < -0.4 is 5.56 Å². The van der Waals surface area contributed by atoms with Gasteiger partial charge in [0.05, 0.1) is 27.5 Å². The lowest BCUT2D eigenvalue weighted by Gasteiger charge is -2.30. The third-order valence-corrected chi connectivity index (χ3v) is 8.69. The summed E-state index contributed by atoms with van der Waals surface area (Å²) in [5.74, 6) is 1.21. The molecule has 0 N–H and O–H groups in total. The quantitative estimate of drug-likeness (QED) is 0.274. The first-order valence-corrected chi connectivity index (χ1v) is 13.9. The van der Waals surface area contributed by atoms with E-state index in [0.717, 1.165) is 71.2 Å². The molecule has 194 valence electrons. The molecule has 7 nitrogen and oxygen atoms in total. The Balaban J connectivity index is 1.16. The second kappa shape index (κ2) is 10.2. The lowest BCUT2D eigenvalue weighted by molar-refractivity contribution is 0.203. The van der Waals surface area contributed by atoms with Crippen molar-refractivity contribution in [1.82, 2.24) is 24.4 Å². The highest BCUT2D eigenvalue weighted by molar-refractivity contribution is 7.10. The molecule has 0 bridgehead atoms. The van der Waals surface area contributed by atoms with Gasteiger partial charge < -0.3 is 4.52 Å². The molecule has 1 aliphatic rings. The first-order chi connectivity index (χ1) is 18.5. The topological polar surface area (TPSA) is 69.1 Å². The summed E-state index contributed by atoms with van der Waals surface area (Å²) in [4.78, 5) is 20.8. The molecule has 2 aromatic carbocycles. The number of hydrogen-bond acceptors (Lipinski definition) is 6. The summed E-state index contributed by atoms with van der Waals surface area (Å²) in [6.07, 6.45) is 2.06. The fraction of sp³-hybridized carbons (Fsp3) is 0.300. The Labute approximate surface area is 226 Å². The van der Waals surface area contributed by atoms with Gasteiger partial charge in [0.25, 0.3) is 5.56 Å². The molecule has 0 unspecified atom stereocenters. The summed E-state index contributed by atoms with van der Waals surface area (Å²) in [5.41, 5.74) is 6.65. The van der Waals surface area contributed by atoms with E-state index in [0.29, 0.717) is 12.5 Å². The third kappa shape index (κ3) is 4.44. The predicted molar refractivity (Wildman–Crippen MR) is 151 cm³/mol. The molecule has 6 rings (SSSR count). The second-order valence-corrected chi connectivity index (χ2v) is 10.9. The van der Waals surface area contributed by atoms with Crippen LogP contribution >= 0.6 is 11.3 Å². The average molecular weight is 526 g/mol. The van der Waals surface area contributed by atoms with E-state index in [4.69, 9.17) is 9.51 Å². The number of para-hydroxylation sites is 1. The van der Waals surface area contributed by atoms with Crippen LogP contribution in [0.2, 0.25) is 0 Å². The summed E-state index contributed by atoms with van der Waals surface area (Å²) in [6.45, 7) is 6.55. The van der Waals surface area contributed by atoms with Crippen molar-refractivity contribution in [2.75, 3.05) is 13.1 Å². The molecular weight excluding hydrogens is 494 g/mol. The smallest absolute Gasteiger partial charge is 0.276 e. The lowest BCUT2D eigenvalue weighted by Crippen LogP contribution is -2.34. The number of benzene rings is 2. The molecule has 0 aliphatic carbocycles. The molecule has 1 saturated heterocycles. The number of piperidine rings is 1. The summed E-state index contributed by atoms with van der Waals surface area (Å²) in [6, 6.07) is 20.0. The zero-order valence-electron chi connectivity index (χ0n) is 21.9. The zero-order valence-corrected chi connectivity index (χ0v) is 22.7. The van der Waals surface area contributed by atoms with Gasteiger partial charge in [-0.2, -0.15) is 0 Å². The number of nitrogens with zero attached hydrogens (tertiary/aromatic N) is 5. The Hall–Kier alpha value is -3.75. The third-order valence-electron chi connectivity index (χ3n) is 7.68. The van der Waals surface area contributed by atoms with Crippen LogP contribution in [0.25, 0.3) is 28.2 Å². The van der Waals surface area contributed by atoms with E-state index < -0.39 is 0 Å². The van der Waals surface area contributed by atoms with Crippen LogP contribution in [0.5, 0.6) is 0 Å². The van der Waals surface area contributed by atoms with E-state index in [1.54, 1.807) is 16.0 Å². The van der Waals surface area contributed by atoms with Gasteiger partial charge in [-0.25, -0.2) is 9.67 Å². The lowest BCUT2D eigenvalue weighted by atomic mass is 9.97. The largest absolute Gasteiger partial charge is 0.360 e. The van der Waals surface area contributed by atoms with Crippen LogP contribution in [0.4, 0.5) is 0 Å². The van der Waals surface area contributed by atoms with Gasteiger partial charge in [-0.1, -0.05) is 53.7 Å². The Morgan fingerprint density at radius 1 is 1.00 bits per heavy atom. The monoisotopic (exact) mass is 525 g/mol. The minimum absolute atomic E-state index is 0.0706. The molecule has 5 aromatic rings. The van der Waals surface area contributed by atoms with Gasteiger partial charge in [0.2, 0.25) is 0 Å². The minimum atomic E-state index is 0.0706. The number of thiazole rings is 1. The Bertz CT molecular complexity index is 1610. The summed E-state index contributed by atoms with van der Waals surface area (Å²) < 4.78 is 9.30. The van der Waals surface area contributed by atoms with Crippen LogP contribution in [0, 0.1) is 13.8 Å². The predicted octanol–water partition coefficient (Wildman–Crippen LogP) is 5.95. The van der Waals surface area contributed by atoms with Crippen molar-refractivity contribution in [3.05, 3.63) is 98.4 Å². The van der Waals surface area contributed by atoms with Gasteiger partial charge in [-0.15, -0.1) is 11.3 Å². The molecule has 3 aromatic heterocycles. The molecule has 38 heavy (non-hydrogen) atoms. The van der Waals surface area contributed by atoms with E-state index in [2.05, 4.69) is 15.4 Å². The van der Waals surface area contributed by atoms with Crippen molar-refractivity contribution in [2.45, 2.75) is 39.2 Å². The van der Waals surface area contributed by atoms with Crippen LogP contribution in [-0.2, 0) is 13.6 Å². The number of likely N-dealkylation sites (tertiary alicyclic amines) is 1. The molecule has 0 amide bonds. The average Bonchev–Trinajstić information content (AvgIpc) is 3.64. The van der Waals surface area contributed by atoms with Crippen molar-refractivity contribution in [1.29, 1.82) is 0 Å². The van der Waals surface area contributed by atoms with Crippen LogP contribution in [-0.4, -0.2) is 37.5 Å². The minimum Gasteiger partial charge on any atom is -0.360 e. The number of aromatic nitrogens is 4. The Morgan fingerprint density at radius 2 is 1.68 bits per heavy atom. The maximum Gasteiger partial charge on any atom is 0.276 e.